The quantitative estimate of drug-likeness (QED) is 0.747. The summed E-state index contributed by atoms with van der Waals surface area (Å²) in [7, 11) is 0. The van der Waals surface area contributed by atoms with Gasteiger partial charge in [0.2, 0.25) is 5.88 Å². The molecule has 21 heavy (non-hydrogen) atoms. The van der Waals surface area contributed by atoms with E-state index in [0.717, 1.165) is 44.2 Å². The minimum absolute atomic E-state index is 0.733. The van der Waals surface area contributed by atoms with Gasteiger partial charge in [-0.3, -0.25) is 4.90 Å². The molecule has 2 rings (SSSR count). The molecule has 0 aliphatic carbocycles. The maximum Gasteiger partial charge on any atom is 0.218 e. The largest absolute Gasteiger partial charge is 0.476 e. The Hall–Kier alpha value is -1.13. The van der Waals surface area contributed by atoms with Crippen molar-refractivity contribution >= 4 is 0 Å². The number of aryl methyl sites for hydroxylation is 2. The van der Waals surface area contributed by atoms with Crippen LogP contribution in [0.25, 0.3) is 0 Å². The second-order valence-corrected chi connectivity index (χ2v) is 5.94. The van der Waals surface area contributed by atoms with Crippen molar-refractivity contribution in [2.45, 2.75) is 46.6 Å². The van der Waals surface area contributed by atoms with Gasteiger partial charge in [-0.05, 0) is 64.4 Å². The highest BCUT2D eigenvalue weighted by Gasteiger charge is 2.13. The highest BCUT2D eigenvalue weighted by Crippen LogP contribution is 2.21. The van der Waals surface area contributed by atoms with Crippen LogP contribution in [0.2, 0.25) is 0 Å². The van der Waals surface area contributed by atoms with Gasteiger partial charge in [-0.1, -0.05) is 6.92 Å². The molecule has 0 amide bonds. The Morgan fingerprint density at radius 2 is 2.05 bits per heavy atom. The molecule has 0 bridgehead atoms. The summed E-state index contributed by atoms with van der Waals surface area (Å²) in [6.45, 7) is 12.4. The number of nitrogens with zero attached hydrogens (tertiary/aromatic N) is 2. The SMILES string of the molecule is CCCNCc1c(C)cc(C)nc1OCCN1CCCC1. The van der Waals surface area contributed by atoms with E-state index in [1.165, 1.54) is 37.1 Å². The average Bonchev–Trinajstić information content (AvgIpc) is 2.95. The number of likely N-dealkylation sites (tertiary alicyclic amines) is 1. The molecule has 0 atom stereocenters. The molecule has 0 radical (unpaired) electrons. The van der Waals surface area contributed by atoms with Crippen molar-refractivity contribution in [3.8, 4) is 5.88 Å². The number of rotatable bonds is 8. The number of pyridine rings is 1. The molecular weight excluding hydrogens is 262 g/mol. The van der Waals surface area contributed by atoms with Crippen molar-refractivity contribution in [2.75, 3.05) is 32.8 Å². The van der Waals surface area contributed by atoms with Gasteiger partial charge in [0, 0.05) is 24.3 Å². The zero-order chi connectivity index (χ0) is 15.1. The Kier molecular flexibility index (Phi) is 6.46. The van der Waals surface area contributed by atoms with E-state index in [2.05, 4.69) is 35.1 Å². The molecule has 1 saturated heterocycles. The molecule has 1 aromatic heterocycles. The molecule has 1 N–H and O–H groups in total. The lowest BCUT2D eigenvalue weighted by Crippen LogP contribution is -2.25. The molecule has 4 nitrogen and oxygen atoms in total. The Bertz CT molecular complexity index is 442. The zero-order valence-corrected chi connectivity index (χ0v) is 13.7. The zero-order valence-electron chi connectivity index (χ0n) is 13.7. The van der Waals surface area contributed by atoms with Gasteiger partial charge in [-0.25, -0.2) is 4.98 Å². The van der Waals surface area contributed by atoms with E-state index in [1.54, 1.807) is 0 Å². The third-order valence-corrected chi connectivity index (χ3v) is 4.01. The van der Waals surface area contributed by atoms with Gasteiger partial charge in [-0.2, -0.15) is 0 Å². The van der Waals surface area contributed by atoms with Crippen molar-refractivity contribution in [3.63, 3.8) is 0 Å². The fourth-order valence-corrected chi connectivity index (χ4v) is 2.83. The summed E-state index contributed by atoms with van der Waals surface area (Å²) in [5.74, 6) is 0.815. The van der Waals surface area contributed by atoms with Crippen molar-refractivity contribution < 1.29 is 4.74 Å². The monoisotopic (exact) mass is 291 g/mol. The van der Waals surface area contributed by atoms with E-state index < -0.39 is 0 Å². The minimum Gasteiger partial charge on any atom is -0.476 e. The van der Waals surface area contributed by atoms with Gasteiger partial charge < -0.3 is 10.1 Å². The summed E-state index contributed by atoms with van der Waals surface area (Å²) in [6.07, 6.45) is 3.80. The van der Waals surface area contributed by atoms with Crippen LogP contribution >= 0.6 is 0 Å². The van der Waals surface area contributed by atoms with Crippen LogP contribution in [0.3, 0.4) is 0 Å². The first-order chi connectivity index (χ1) is 10.2. The maximum atomic E-state index is 6.00. The van der Waals surface area contributed by atoms with Crippen molar-refractivity contribution in [2.24, 2.45) is 0 Å². The van der Waals surface area contributed by atoms with E-state index >= 15 is 0 Å². The van der Waals surface area contributed by atoms with Crippen LogP contribution in [0.5, 0.6) is 5.88 Å². The Morgan fingerprint density at radius 3 is 2.76 bits per heavy atom. The van der Waals surface area contributed by atoms with Crippen LogP contribution in [0.4, 0.5) is 0 Å². The number of hydrogen-bond donors (Lipinski definition) is 1. The topological polar surface area (TPSA) is 37.4 Å². The molecule has 0 unspecified atom stereocenters. The summed E-state index contributed by atoms with van der Waals surface area (Å²) in [5.41, 5.74) is 3.50. The first kappa shape index (κ1) is 16.2. The van der Waals surface area contributed by atoms with Crippen LogP contribution in [0.15, 0.2) is 6.07 Å². The Morgan fingerprint density at radius 1 is 1.29 bits per heavy atom. The average molecular weight is 291 g/mol. The van der Waals surface area contributed by atoms with E-state index in [0.29, 0.717) is 0 Å². The second kappa shape index (κ2) is 8.35. The van der Waals surface area contributed by atoms with Crippen molar-refractivity contribution in [1.29, 1.82) is 0 Å². The lowest BCUT2D eigenvalue weighted by Gasteiger charge is -2.17. The highest BCUT2D eigenvalue weighted by molar-refractivity contribution is 5.35. The van der Waals surface area contributed by atoms with Gasteiger partial charge >= 0.3 is 0 Å². The molecule has 118 valence electrons. The van der Waals surface area contributed by atoms with E-state index in [-0.39, 0.29) is 0 Å². The molecule has 0 spiro atoms. The minimum atomic E-state index is 0.733. The van der Waals surface area contributed by atoms with E-state index in [9.17, 15) is 0 Å². The van der Waals surface area contributed by atoms with Crippen LogP contribution < -0.4 is 10.1 Å². The van der Waals surface area contributed by atoms with Gasteiger partial charge in [0.25, 0.3) is 0 Å². The van der Waals surface area contributed by atoms with Crippen molar-refractivity contribution in [3.05, 3.63) is 22.9 Å². The molecule has 4 heteroatoms. The van der Waals surface area contributed by atoms with Crippen LogP contribution in [0, 0.1) is 13.8 Å². The maximum absolute atomic E-state index is 6.00. The molecule has 2 heterocycles. The molecule has 1 aliphatic rings. The van der Waals surface area contributed by atoms with Crippen LogP contribution in [0.1, 0.15) is 43.0 Å². The van der Waals surface area contributed by atoms with Gasteiger partial charge in [-0.15, -0.1) is 0 Å². The predicted octanol–water partition coefficient (Wildman–Crippen LogP) is 2.67. The van der Waals surface area contributed by atoms with Crippen LogP contribution in [-0.4, -0.2) is 42.7 Å². The Labute approximate surface area is 128 Å². The van der Waals surface area contributed by atoms with E-state index in [4.69, 9.17) is 4.74 Å². The van der Waals surface area contributed by atoms with Gasteiger partial charge in [0.1, 0.15) is 6.61 Å². The Balaban J connectivity index is 1.94. The summed E-state index contributed by atoms with van der Waals surface area (Å²) < 4.78 is 6.00. The highest BCUT2D eigenvalue weighted by atomic mass is 16.5. The fourth-order valence-electron chi connectivity index (χ4n) is 2.83. The van der Waals surface area contributed by atoms with Gasteiger partial charge in [0.05, 0.1) is 0 Å². The summed E-state index contributed by atoms with van der Waals surface area (Å²) in [4.78, 5) is 7.07. The fraction of sp³-hybridized carbons (Fsp3) is 0.706. The molecule has 0 aromatic carbocycles. The van der Waals surface area contributed by atoms with Gasteiger partial charge in [0.15, 0.2) is 0 Å². The molecule has 1 fully saturated rings. The summed E-state index contributed by atoms with van der Waals surface area (Å²) in [6, 6.07) is 2.14. The molecule has 1 aliphatic heterocycles. The lowest BCUT2D eigenvalue weighted by molar-refractivity contribution is 0.229. The van der Waals surface area contributed by atoms with Crippen LogP contribution in [-0.2, 0) is 6.54 Å². The smallest absolute Gasteiger partial charge is 0.218 e. The predicted molar refractivity (Wildman–Crippen MR) is 86.9 cm³/mol. The molecule has 0 saturated carbocycles. The first-order valence-electron chi connectivity index (χ1n) is 8.23. The second-order valence-electron chi connectivity index (χ2n) is 5.94. The molecular formula is C17H29N3O. The summed E-state index contributed by atoms with van der Waals surface area (Å²) >= 11 is 0. The molecule has 1 aromatic rings. The normalized spacial score (nSPS) is 15.6. The number of ether oxygens (including phenoxy) is 1. The number of nitrogens with one attached hydrogen (secondary N) is 1. The number of aromatic nitrogens is 1. The third-order valence-electron chi connectivity index (χ3n) is 4.01. The third kappa shape index (κ3) is 4.97. The van der Waals surface area contributed by atoms with Crippen molar-refractivity contribution in [1.82, 2.24) is 15.2 Å². The van der Waals surface area contributed by atoms with E-state index in [1.807, 2.05) is 6.92 Å². The summed E-state index contributed by atoms with van der Waals surface area (Å²) in [5, 5.41) is 3.45. The lowest BCUT2D eigenvalue weighted by atomic mass is 10.1. The standard InChI is InChI=1S/C17H29N3O/c1-4-7-18-13-16-14(2)12-15(3)19-17(16)21-11-10-20-8-5-6-9-20/h12,18H,4-11,13H2,1-3H3. The first-order valence-corrected chi connectivity index (χ1v) is 8.23. The number of hydrogen-bond acceptors (Lipinski definition) is 4.